The highest BCUT2D eigenvalue weighted by molar-refractivity contribution is 5.99. The van der Waals surface area contributed by atoms with E-state index in [9.17, 15) is 0 Å². The van der Waals surface area contributed by atoms with Gasteiger partial charge in [0, 0.05) is 65.5 Å². The average molecular weight is 1440 g/mol. The standard InChI is InChI=1S/C97H130N6O4/c1-7-11-15-19-23-27-31-35-39-43-73-104-90-49-47-50-91(105-74-44-40-36-32-28-24-20-16-12-8-2)96(90)94-86-65-61-82(99-86)80(59-55-77-53-57-79(58-54-77)103(5)6)83-62-66-87(100-83)95(89-68-64-85(102-89)81(84-63-67-88(94)101-84)60-56-78-69-71-98-72-70-78)97-92(106-75-45-41-37-33-29-25-21-17-13-9-3)51-48-52-93(97)107-76-46-42-38-34-30-26-22-18-14-10-4/h47-54,57-58,61-72,99,102H,7-46,73-76H2,1-6H3. The summed E-state index contributed by atoms with van der Waals surface area (Å²) in [5.41, 5.74) is 14.0. The molecule has 10 heteroatoms. The van der Waals surface area contributed by atoms with Crippen molar-refractivity contribution < 1.29 is 18.9 Å². The van der Waals surface area contributed by atoms with Crippen molar-refractivity contribution in [2.75, 3.05) is 45.4 Å². The van der Waals surface area contributed by atoms with Crippen molar-refractivity contribution in [1.29, 1.82) is 0 Å². The topological polar surface area (TPSA) is 110 Å². The highest BCUT2D eigenvalue weighted by Crippen LogP contribution is 2.46. The molecule has 9 rings (SSSR count). The Hall–Kier alpha value is -8.47. The molecule has 10 nitrogen and oxygen atoms in total. The van der Waals surface area contributed by atoms with Crippen molar-refractivity contribution in [2.24, 2.45) is 0 Å². The van der Waals surface area contributed by atoms with Crippen LogP contribution in [-0.4, -0.2) is 65.4 Å². The van der Waals surface area contributed by atoms with E-state index in [2.05, 4.69) is 195 Å². The van der Waals surface area contributed by atoms with Crippen molar-refractivity contribution in [1.82, 2.24) is 24.9 Å². The molecule has 0 unspecified atom stereocenters. The Balaban J connectivity index is 1.20. The predicted molar refractivity (Wildman–Crippen MR) is 456 cm³/mol. The summed E-state index contributed by atoms with van der Waals surface area (Å²) in [7, 11) is 4.13. The highest BCUT2D eigenvalue weighted by Gasteiger charge is 2.25. The van der Waals surface area contributed by atoms with Crippen molar-refractivity contribution >= 4 is 52.1 Å². The molecule has 572 valence electrons. The number of pyridine rings is 1. The molecule has 8 bridgehead atoms. The van der Waals surface area contributed by atoms with Gasteiger partial charge in [-0.3, -0.25) is 4.98 Å². The van der Waals surface area contributed by atoms with Gasteiger partial charge in [-0.1, -0.05) is 295 Å². The van der Waals surface area contributed by atoms with Gasteiger partial charge in [-0.15, -0.1) is 0 Å². The lowest BCUT2D eigenvalue weighted by atomic mass is 10.0. The number of rotatable bonds is 51. The molecule has 0 saturated carbocycles. The van der Waals surface area contributed by atoms with E-state index in [1.807, 2.05) is 12.1 Å². The summed E-state index contributed by atoms with van der Waals surface area (Å²) in [5.74, 6) is 17.6. The van der Waals surface area contributed by atoms with Crippen LogP contribution in [0.3, 0.4) is 0 Å². The largest absolute Gasteiger partial charge is 0.493 e. The number of anilines is 1. The molecular weight excluding hydrogens is 1310 g/mol. The Bertz CT molecular complexity index is 3910. The summed E-state index contributed by atoms with van der Waals surface area (Å²) >= 11 is 0. The highest BCUT2D eigenvalue weighted by atomic mass is 16.5. The van der Waals surface area contributed by atoms with Gasteiger partial charge >= 0.3 is 0 Å². The van der Waals surface area contributed by atoms with Crippen LogP contribution in [0.5, 0.6) is 23.0 Å². The van der Waals surface area contributed by atoms with Crippen LogP contribution >= 0.6 is 0 Å². The van der Waals surface area contributed by atoms with Crippen LogP contribution in [0.1, 0.15) is 330 Å². The second kappa shape index (κ2) is 48.8. The zero-order chi connectivity index (χ0) is 74.6. The van der Waals surface area contributed by atoms with Gasteiger partial charge in [0.2, 0.25) is 0 Å². The number of nitrogens with one attached hydrogen (secondary N) is 2. The molecule has 0 amide bonds. The van der Waals surface area contributed by atoms with Crippen molar-refractivity contribution in [3.8, 4) is 68.9 Å². The lowest BCUT2D eigenvalue weighted by Gasteiger charge is -2.18. The van der Waals surface area contributed by atoms with Crippen LogP contribution in [0.15, 0.2) is 109 Å². The van der Waals surface area contributed by atoms with Crippen LogP contribution in [0.2, 0.25) is 0 Å². The van der Waals surface area contributed by atoms with Gasteiger partial charge in [0.05, 0.1) is 82.5 Å². The van der Waals surface area contributed by atoms with Crippen LogP contribution in [0.4, 0.5) is 5.69 Å². The minimum Gasteiger partial charge on any atom is -0.493 e. The molecule has 0 fully saturated rings. The molecule has 2 aliphatic heterocycles. The Morgan fingerprint density at radius 1 is 0.290 bits per heavy atom. The van der Waals surface area contributed by atoms with Gasteiger partial charge in [-0.2, -0.15) is 0 Å². The smallest absolute Gasteiger partial charge is 0.131 e. The first-order valence-corrected chi connectivity index (χ1v) is 42.5. The van der Waals surface area contributed by atoms with E-state index < -0.39 is 0 Å². The zero-order valence-electron chi connectivity index (χ0n) is 66.7. The molecule has 2 aliphatic rings. The maximum Gasteiger partial charge on any atom is 0.131 e. The Morgan fingerprint density at radius 3 is 0.879 bits per heavy atom. The fourth-order valence-corrected chi connectivity index (χ4v) is 14.6. The van der Waals surface area contributed by atoms with Crippen LogP contribution in [0, 0.1) is 23.7 Å². The van der Waals surface area contributed by atoms with E-state index in [1.165, 1.54) is 205 Å². The predicted octanol–water partition coefficient (Wildman–Crippen LogP) is 27.4. The number of aromatic nitrogens is 5. The first-order chi connectivity index (χ1) is 52.9. The van der Waals surface area contributed by atoms with Crippen LogP contribution in [-0.2, 0) is 0 Å². The molecule has 107 heavy (non-hydrogen) atoms. The lowest BCUT2D eigenvalue weighted by Crippen LogP contribution is -2.07. The van der Waals surface area contributed by atoms with Crippen molar-refractivity contribution in [2.45, 2.75) is 285 Å². The SMILES string of the molecule is CCCCCCCCCCCCOc1cccc(OCCCCCCCCCCCC)c1-c1c2nc(c(C#Cc3ccc(N(C)C)cc3)c3ccc([nH]3)c(-c3c(OCCCCCCCCCCCC)cccc3OCCCCCCCCCCCC)c3nc(c(C#Cc4ccncc4)c4ccc1[nH]4)C=C3)C=C2. The van der Waals surface area contributed by atoms with Gasteiger partial charge < -0.3 is 33.8 Å². The first kappa shape index (κ1) is 82.6. The summed E-state index contributed by atoms with van der Waals surface area (Å²) in [4.78, 5) is 25.9. The fraction of sp³-hybridized carbons (Fsp3) is 0.515. The molecule has 0 saturated heterocycles. The Labute approximate surface area is 645 Å². The second-order valence-corrected chi connectivity index (χ2v) is 30.1. The summed E-state index contributed by atoms with van der Waals surface area (Å²) in [6.45, 7) is 11.5. The Kier molecular flexibility index (Phi) is 37.6. The number of benzene rings is 3. The van der Waals surface area contributed by atoms with E-state index >= 15 is 0 Å². The normalized spacial score (nSPS) is 11.6. The van der Waals surface area contributed by atoms with Crippen molar-refractivity contribution in [3.63, 3.8) is 0 Å². The van der Waals surface area contributed by atoms with E-state index in [-0.39, 0.29) is 0 Å². The molecular formula is C97H130N6O4. The summed E-state index contributed by atoms with van der Waals surface area (Å²) < 4.78 is 28.3. The third kappa shape index (κ3) is 27.6. The molecule has 3 aromatic carbocycles. The van der Waals surface area contributed by atoms with Gasteiger partial charge in [-0.05, 0) is 135 Å². The maximum absolute atomic E-state index is 7.06. The first-order valence-electron chi connectivity index (χ1n) is 42.5. The fourth-order valence-electron chi connectivity index (χ4n) is 14.6. The van der Waals surface area contributed by atoms with E-state index in [1.54, 1.807) is 12.4 Å². The van der Waals surface area contributed by atoms with Gasteiger partial charge in [0.25, 0.3) is 0 Å². The summed E-state index contributed by atoms with van der Waals surface area (Å²) in [6.07, 6.45) is 62.0. The molecule has 2 N–H and O–H groups in total. The number of nitrogens with zero attached hydrogens (tertiary/aromatic N) is 4. The summed E-state index contributed by atoms with van der Waals surface area (Å²) in [5, 5.41) is 0. The quantitative estimate of drug-likeness (QED) is 0.0287. The molecule has 4 aromatic heterocycles. The lowest BCUT2D eigenvalue weighted by molar-refractivity contribution is 0.291. The maximum atomic E-state index is 7.06. The summed E-state index contributed by atoms with van der Waals surface area (Å²) in [6, 6.07) is 33.6. The van der Waals surface area contributed by atoms with Crippen LogP contribution in [0.25, 0.3) is 68.6 Å². The van der Waals surface area contributed by atoms with Gasteiger partial charge in [0.15, 0.2) is 0 Å². The number of fused-ring (bicyclic) bond motifs is 8. The molecule has 7 aromatic rings. The van der Waals surface area contributed by atoms with Crippen LogP contribution < -0.4 is 23.8 Å². The number of H-pyrrole nitrogens is 2. The van der Waals surface area contributed by atoms with Gasteiger partial charge in [-0.25, -0.2) is 9.97 Å². The Morgan fingerprint density at radius 2 is 0.570 bits per heavy atom. The van der Waals surface area contributed by atoms with Gasteiger partial charge in [0.1, 0.15) is 23.0 Å². The number of ether oxygens (including phenoxy) is 4. The molecule has 6 heterocycles. The average Bonchev–Trinajstić information content (AvgIpc) is 1.64. The third-order valence-electron chi connectivity index (χ3n) is 21.0. The van der Waals surface area contributed by atoms with E-state index in [4.69, 9.17) is 28.9 Å². The molecule has 0 aliphatic carbocycles. The number of unbranched alkanes of at least 4 members (excludes halogenated alkanes) is 36. The molecule has 0 atom stereocenters. The number of hydrogen-bond donors (Lipinski definition) is 2. The van der Waals surface area contributed by atoms with E-state index in [0.29, 0.717) is 26.4 Å². The second-order valence-electron chi connectivity index (χ2n) is 30.1. The molecule has 0 radical (unpaired) electrons. The number of aromatic amines is 2. The van der Waals surface area contributed by atoms with Crippen molar-refractivity contribution in [3.05, 3.63) is 154 Å². The van der Waals surface area contributed by atoms with E-state index in [0.717, 1.165) is 169 Å². The minimum absolute atomic E-state index is 0.585. The molecule has 0 spiro atoms. The monoisotopic (exact) mass is 1440 g/mol. The third-order valence-corrected chi connectivity index (χ3v) is 21.0. The number of hydrogen-bond acceptors (Lipinski definition) is 8. The zero-order valence-corrected chi connectivity index (χ0v) is 66.7. The minimum atomic E-state index is 0.585.